The van der Waals surface area contributed by atoms with Crippen LogP contribution in [0, 0.1) is 5.82 Å². The minimum absolute atomic E-state index is 0.184. The molecule has 0 radical (unpaired) electrons. The van der Waals surface area contributed by atoms with Gasteiger partial charge in [-0.05, 0) is 36.4 Å². The molecule has 0 atom stereocenters. The maximum Gasteiger partial charge on any atom is 0.243 e. The lowest BCUT2D eigenvalue weighted by Crippen LogP contribution is -2.49. The number of rotatable bonds is 8. The molecule has 0 bridgehead atoms. The Hall–Kier alpha value is -2.36. The third-order valence-corrected chi connectivity index (χ3v) is 6.71. The Morgan fingerprint density at radius 3 is 2.21 bits per heavy atom. The van der Waals surface area contributed by atoms with Crippen LogP contribution in [0.3, 0.4) is 0 Å². The van der Waals surface area contributed by atoms with Crippen molar-refractivity contribution in [1.82, 2.24) is 9.21 Å². The fourth-order valence-electron chi connectivity index (χ4n) is 3.14. The van der Waals surface area contributed by atoms with Crippen molar-refractivity contribution in [2.75, 3.05) is 53.6 Å². The van der Waals surface area contributed by atoms with Crippen LogP contribution < -0.4 is 14.2 Å². The second kappa shape index (κ2) is 9.43. The summed E-state index contributed by atoms with van der Waals surface area (Å²) in [7, 11) is -0.628. The van der Waals surface area contributed by atoms with Crippen LogP contribution in [0.1, 0.15) is 0 Å². The minimum Gasteiger partial charge on any atom is -0.493 e. The van der Waals surface area contributed by atoms with Gasteiger partial charge in [-0.15, -0.1) is 0 Å². The molecule has 158 valence electrons. The monoisotopic (exact) mass is 424 g/mol. The zero-order chi connectivity index (χ0) is 20.9. The lowest BCUT2D eigenvalue weighted by molar-refractivity contribution is 0.159. The van der Waals surface area contributed by atoms with Gasteiger partial charge in [-0.2, -0.15) is 4.31 Å². The molecule has 0 aliphatic carbocycles. The molecular weight excluding hydrogens is 399 g/mol. The summed E-state index contributed by atoms with van der Waals surface area (Å²) in [5.41, 5.74) is 0. The fraction of sp³-hybridized carbons (Fsp3) is 0.400. The van der Waals surface area contributed by atoms with Gasteiger partial charge in [0.05, 0.1) is 19.1 Å². The molecule has 0 amide bonds. The number of hydrogen-bond donors (Lipinski definition) is 0. The van der Waals surface area contributed by atoms with Gasteiger partial charge in [0.25, 0.3) is 0 Å². The highest BCUT2D eigenvalue weighted by molar-refractivity contribution is 7.89. The molecule has 7 nitrogen and oxygen atoms in total. The van der Waals surface area contributed by atoms with Crippen molar-refractivity contribution in [1.29, 1.82) is 0 Å². The van der Waals surface area contributed by atoms with Gasteiger partial charge in [0, 0.05) is 38.8 Å². The fourth-order valence-corrected chi connectivity index (χ4v) is 4.58. The van der Waals surface area contributed by atoms with Crippen LogP contribution in [0.5, 0.6) is 17.2 Å². The molecule has 9 heteroatoms. The molecule has 1 aliphatic rings. The van der Waals surface area contributed by atoms with Gasteiger partial charge in [-0.25, -0.2) is 12.8 Å². The van der Waals surface area contributed by atoms with Gasteiger partial charge in [-0.1, -0.05) is 0 Å². The summed E-state index contributed by atoms with van der Waals surface area (Å²) in [6.07, 6.45) is 0. The van der Waals surface area contributed by atoms with E-state index >= 15 is 0 Å². The van der Waals surface area contributed by atoms with Crippen LogP contribution in [0.15, 0.2) is 47.4 Å². The molecule has 0 unspecified atom stereocenters. The van der Waals surface area contributed by atoms with E-state index in [4.69, 9.17) is 14.2 Å². The Labute approximate surface area is 170 Å². The molecule has 1 fully saturated rings. The SMILES string of the molecule is COc1ccc(S(=O)(=O)N2CCN(CCOc3ccc(F)cc3)CC2)cc1OC. The molecule has 29 heavy (non-hydrogen) atoms. The number of methoxy groups -OCH3 is 2. The predicted molar refractivity (Wildman–Crippen MR) is 107 cm³/mol. The molecular formula is C20H25FN2O5S. The number of nitrogens with zero attached hydrogens (tertiary/aromatic N) is 2. The Balaban J connectivity index is 1.53. The first kappa shape index (κ1) is 21.4. The van der Waals surface area contributed by atoms with Gasteiger partial charge in [0.2, 0.25) is 10.0 Å². The average Bonchev–Trinajstić information content (AvgIpc) is 2.75. The van der Waals surface area contributed by atoms with Crippen LogP contribution in [0.2, 0.25) is 0 Å². The standard InChI is InChI=1S/C20H25FN2O5S/c1-26-19-8-7-18(15-20(19)27-2)29(24,25)23-11-9-22(10-12-23)13-14-28-17-5-3-16(21)4-6-17/h3-8,15H,9-14H2,1-2H3. The molecule has 1 saturated heterocycles. The van der Waals surface area contributed by atoms with E-state index in [1.165, 1.54) is 42.8 Å². The van der Waals surface area contributed by atoms with E-state index in [-0.39, 0.29) is 10.7 Å². The number of benzene rings is 2. The highest BCUT2D eigenvalue weighted by atomic mass is 32.2. The van der Waals surface area contributed by atoms with E-state index < -0.39 is 10.0 Å². The molecule has 2 aromatic carbocycles. The first-order valence-corrected chi connectivity index (χ1v) is 10.7. The zero-order valence-electron chi connectivity index (χ0n) is 16.5. The van der Waals surface area contributed by atoms with E-state index in [1.807, 2.05) is 0 Å². The summed E-state index contributed by atoms with van der Waals surface area (Å²) in [4.78, 5) is 2.33. The van der Waals surface area contributed by atoms with Crippen molar-refractivity contribution in [3.05, 3.63) is 48.3 Å². The maximum atomic E-state index is 12.9. The van der Waals surface area contributed by atoms with Crippen molar-refractivity contribution in [2.45, 2.75) is 4.90 Å². The molecule has 0 saturated carbocycles. The number of halogens is 1. The normalized spacial score (nSPS) is 15.8. The molecule has 3 rings (SSSR count). The number of sulfonamides is 1. The maximum absolute atomic E-state index is 12.9. The van der Waals surface area contributed by atoms with E-state index in [0.717, 1.165) is 0 Å². The second-order valence-electron chi connectivity index (χ2n) is 6.56. The molecule has 0 spiro atoms. The zero-order valence-corrected chi connectivity index (χ0v) is 17.3. The number of piperazine rings is 1. The quantitative estimate of drug-likeness (QED) is 0.647. The highest BCUT2D eigenvalue weighted by Crippen LogP contribution is 2.30. The smallest absolute Gasteiger partial charge is 0.243 e. The molecule has 0 N–H and O–H groups in total. The third kappa shape index (κ3) is 5.17. The first-order chi connectivity index (χ1) is 13.9. The Morgan fingerprint density at radius 2 is 1.59 bits per heavy atom. The molecule has 1 aliphatic heterocycles. The lowest BCUT2D eigenvalue weighted by Gasteiger charge is -2.33. The number of ether oxygens (including phenoxy) is 3. The molecule has 1 heterocycles. The summed E-state index contributed by atoms with van der Waals surface area (Å²) in [6, 6.07) is 10.5. The van der Waals surface area contributed by atoms with E-state index in [1.54, 1.807) is 18.2 Å². The molecule has 2 aromatic rings. The minimum atomic E-state index is -3.61. The second-order valence-corrected chi connectivity index (χ2v) is 8.50. The van der Waals surface area contributed by atoms with Crippen molar-refractivity contribution >= 4 is 10.0 Å². The lowest BCUT2D eigenvalue weighted by atomic mass is 10.3. The van der Waals surface area contributed by atoms with Crippen molar-refractivity contribution in [3.8, 4) is 17.2 Å². The van der Waals surface area contributed by atoms with E-state index in [9.17, 15) is 12.8 Å². The van der Waals surface area contributed by atoms with Gasteiger partial charge >= 0.3 is 0 Å². The van der Waals surface area contributed by atoms with Gasteiger partial charge in [0.15, 0.2) is 11.5 Å². The summed E-state index contributed by atoms with van der Waals surface area (Å²) < 4.78 is 56.3. The Kier molecular flexibility index (Phi) is 6.94. The highest BCUT2D eigenvalue weighted by Gasteiger charge is 2.29. The van der Waals surface area contributed by atoms with Crippen LogP contribution in [-0.2, 0) is 10.0 Å². The van der Waals surface area contributed by atoms with Gasteiger partial charge < -0.3 is 14.2 Å². The van der Waals surface area contributed by atoms with Crippen LogP contribution in [0.4, 0.5) is 4.39 Å². The van der Waals surface area contributed by atoms with E-state index in [2.05, 4.69) is 4.90 Å². The topological polar surface area (TPSA) is 68.3 Å². The predicted octanol–water partition coefficient (Wildman–Crippen LogP) is 2.23. The summed E-state index contributed by atoms with van der Waals surface area (Å²) in [5, 5.41) is 0. The van der Waals surface area contributed by atoms with Crippen LogP contribution >= 0.6 is 0 Å². The summed E-state index contributed by atoms with van der Waals surface area (Å²) >= 11 is 0. The van der Waals surface area contributed by atoms with Crippen LogP contribution in [0.25, 0.3) is 0 Å². The first-order valence-electron chi connectivity index (χ1n) is 9.27. The van der Waals surface area contributed by atoms with Crippen molar-refractivity contribution in [3.63, 3.8) is 0 Å². The van der Waals surface area contributed by atoms with Crippen molar-refractivity contribution < 1.29 is 27.0 Å². The van der Waals surface area contributed by atoms with Gasteiger partial charge in [-0.3, -0.25) is 4.90 Å². The van der Waals surface area contributed by atoms with Crippen LogP contribution in [-0.4, -0.2) is 71.2 Å². The number of hydrogen-bond acceptors (Lipinski definition) is 6. The van der Waals surface area contributed by atoms with Crippen molar-refractivity contribution in [2.24, 2.45) is 0 Å². The summed E-state index contributed by atoms with van der Waals surface area (Å²) in [6.45, 7) is 3.13. The van der Waals surface area contributed by atoms with Gasteiger partial charge in [0.1, 0.15) is 18.2 Å². The van der Waals surface area contributed by atoms with E-state index in [0.29, 0.717) is 56.6 Å². The third-order valence-electron chi connectivity index (χ3n) is 4.81. The largest absolute Gasteiger partial charge is 0.493 e. The molecule has 0 aromatic heterocycles. The summed E-state index contributed by atoms with van der Waals surface area (Å²) in [5.74, 6) is 1.17. The Morgan fingerprint density at radius 1 is 0.931 bits per heavy atom. The average molecular weight is 424 g/mol. The Bertz CT molecular complexity index is 913.